The third-order valence-electron chi connectivity index (χ3n) is 52.0. The number of benzene rings is 18. The van der Waals surface area contributed by atoms with Crippen molar-refractivity contribution in [2.24, 2.45) is 33.0 Å². The van der Waals surface area contributed by atoms with E-state index in [1.807, 2.05) is 11.1 Å². The van der Waals surface area contributed by atoms with Crippen LogP contribution < -0.4 is 15.7 Å². The summed E-state index contributed by atoms with van der Waals surface area (Å²) in [7, 11) is 0. The molecular formula is C139H72Ar3. The third-order valence-corrected chi connectivity index (χ3v) is 52.0. The maximum Gasteiger partial charge on any atom is 0.0330 e. The Bertz CT molecular complexity index is 13200. The van der Waals surface area contributed by atoms with E-state index in [0.29, 0.717) is 34.0 Å². The first-order chi connectivity index (χ1) is 68.1. The third kappa shape index (κ3) is 5.15. The predicted octanol–water partition coefficient (Wildman–Crippen LogP) is 32.0. The first-order valence-corrected chi connectivity index (χ1v) is 54.4. The van der Waals surface area contributed by atoms with Crippen LogP contribution in [0.5, 0.6) is 0 Å². The van der Waals surface area contributed by atoms with Gasteiger partial charge in [0.1, 0.15) is 0 Å². The zero-order valence-electron chi connectivity index (χ0n) is 78.8. The van der Waals surface area contributed by atoms with Crippen LogP contribution in [-0.4, -0.2) is 0 Å². The maximum absolute atomic E-state index is 2.96. The summed E-state index contributed by atoms with van der Waals surface area (Å²) in [5.41, 5.74) is 44.7. The molecule has 22 aliphatic carbocycles. The number of fused-ring (bicyclic) bond motifs is 9. The normalized spacial score (nSPS) is 29.3. The topological polar surface area (TPSA) is 0 Å². The predicted molar refractivity (Wildman–Crippen MR) is 578 cm³/mol. The molecule has 6 saturated carbocycles. The van der Waals surface area contributed by atoms with E-state index in [1.54, 1.807) is 472 Å². The van der Waals surface area contributed by atoms with E-state index in [0.717, 1.165) is 63.7 Å². The Kier molecular flexibility index (Phi) is 9.07. The standard InChI is InChI=1S/C47H24.C47H26.C45H22.3Ar/c1-13-14(2)46(4)45(13,3)44-22-11-20-9-18-7-16-5-15-6-17-8-19-10-21-12-47(44,46)43-41-29(21)25(19)33-27(17)31-23(15)24(16)32-28(18)34-26(20)30(22)42(43)40-38(34)36(32)35(31)37(33)39(40)41;1-45-3-5-46(2,6-4-45)47-14-21-12-19-10-17-8-15-7-16-9-18-11-20-13-22(44(45)47)30-26(20)34-28(18)32-24(16)23(15)31-27(17)33-25(19)29(21)41-39-37(33)35(31)36(32)38(34)40(39)42(30)43(41)47;1-44-3-2-13(11-44)42-21-10-19-8-17-6-15-4-14-5-16-7-18-9-20-12-45(42,44)43-40-28(20)24(18)32-26(16)30-22(14)23(15)31-27(17)33-25(19)29(21)41(43)39-37(33)35(31)34(30)36(32)38(39)40;;;/h6-7,10-12,44H,5,8-9H2,1-4H3;8-9,12-14,44H,3-7,10-11H2,1-2H3;5-6,9-10,12-13,42H,2-4,7-8,11H2,1H3;;;. The van der Waals surface area contributed by atoms with Crippen LogP contribution in [0.15, 0.2) is 83.9 Å². The molecule has 55 rings (SSSR count). The van der Waals surface area contributed by atoms with Crippen LogP contribution in [0.25, 0.3) is 341 Å². The number of hydrogen-bond acceptors (Lipinski definition) is 0. The Morgan fingerprint density at radius 1 is 0.204 bits per heavy atom. The van der Waals surface area contributed by atoms with Crippen molar-refractivity contribution in [2.75, 3.05) is 0 Å². The Labute approximate surface area is 895 Å². The van der Waals surface area contributed by atoms with Crippen LogP contribution in [0.3, 0.4) is 0 Å². The monoisotopic (exact) mass is 1860 g/mol. The second kappa shape index (κ2) is 18.4. The Hall–Kier alpha value is -9.74. The van der Waals surface area contributed by atoms with Crippen molar-refractivity contribution in [3.8, 4) is 0 Å². The van der Waals surface area contributed by atoms with E-state index < -0.39 is 0 Å². The summed E-state index contributed by atoms with van der Waals surface area (Å²) in [6.45, 7) is 18.5. The van der Waals surface area contributed by atoms with Gasteiger partial charge in [0, 0.05) is 158 Å². The van der Waals surface area contributed by atoms with E-state index in [1.165, 1.54) is 44.9 Å². The summed E-state index contributed by atoms with van der Waals surface area (Å²) in [5.74, 6) is 2.52. The molecule has 10 unspecified atom stereocenters. The minimum absolute atomic E-state index is 0. The summed E-state index contributed by atoms with van der Waals surface area (Å²) in [4.78, 5) is 0. The van der Waals surface area contributed by atoms with E-state index in [-0.39, 0.29) is 140 Å². The SMILES string of the molecule is CC12CCC(C)(CC1)C13C=c4cc5c6c4c4c1c1c7c(cc8c7c7c9c(cc%10c%11c%12c(cc(c%13c6c6c4c1c7c(c%119)c6c%12%13)C5)C%10)C8)C23.CC12CCC(C1)C1c3cc4c5c3c3c6c7c8c(cc9c8c8c%10c(cc%11c%12c%13c(cc(c%14c5c5c3c7c8c(c%12%10)c5c%13%14)C4)C%11)C9)=CC612.CC1=C(C)C2(C)C1(C)C1c3cc4c5c3c3c6c7c8c(cc9c8c8c%10c(cc%11c%12c%13c(cc(c%14c5c5c3c7c8c(c%12%10)c5c%13%14)C4)C%11)C9)=CC612.[Ar].[Ar].[Ar]. The molecule has 0 aliphatic heterocycles. The molecular weight excluding hydrogens is 1790 g/mol. The van der Waals surface area contributed by atoms with Crippen molar-refractivity contribution in [1.29, 1.82) is 0 Å². The molecule has 0 aromatic heterocycles. The van der Waals surface area contributed by atoms with Gasteiger partial charge in [-0.1, -0.05) is 137 Å². The van der Waals surface area contributed by atoms with Crippen LogP contribution in [0.1, 0.15) is 245 Å². The van der Waals surface area contributed by atoms with Gasteiger partial charge in [0.15, 0.2) is 0 Å². The van der Waals surface area contributed by atoms with Crippen molar-refractivity contribution in [3.63, 3.8) is 0 Å². The first-order valence-electron chi connectivity index (χ1n) is 54.4. The number of allylic oxidation sites excluding steroid dienone is 2. The first kappa shape index (κ1) is 70.1. The molecule has 652 valence electrons. The average Bonchev–Trinajstić information content (AvgIpc) is 0.793. The molecule has 4 bridgehead atoms. The van der Waals surface area contributed by atoms with E-state index in [4.69, 9.17) is 0 Å². The van der Waals surface area contributed by atoms with Gasteiger partial charge >= 0.3 is 0 Å². The van der Waals surface area contributed by atoms with Crippen molar-refractivity contribution >= 4 is 341 Å². The van der Waals surface area contributed by atoms with Crippen molar-refractivity contribution in [2.45, 2.75) is 185 Å². The zero-order chi connectivity index (χ0) is 86.6. The molecule has 142 heavy (non-hydrogen) atoms. The van der Waals surface area contributed by atoms with Crippen molar-refractivity contribution < 1.29 is 113 Å². The molecule has 0 saturated heterocycles. The van der Waals surface area contributed by atoms with Gasteiger partial charge in [0.05, 0.1) is 0 Å². The number of hydrogen-bond donors (Lipinski definition) is 0. The largest absolute Gasteiger partial charge is 0.0663 e. The van der Waals surface area contributed by atoms with E-state index in [2.05, 4.69) is 139 Å². The fraction of sp³-hybridized carbons (Fsp3) is 0.252. The van der Waals surface area contributed by atoms with Crippen LogP contribution in [0.4, 0.5) is 0 Å². The van der Waals surface area contributed by atoms with Crippen LogP contribution in [0, 0.1) is 146 Å². The molecule has 10 atom stereocenters. The minimum Gasteiger partial charge on any atom is -0.0663 e. The van der Waals surface area contributed by atoms with Gasteiger partial charge in [0.25, 0.3) is 0 Å². The van der Waals surface area contributed by atoms with Crippen LogP contribution >= 0.6 is 0 Å². The second-order valence-electron chi connectivity index (χ2n) is 54.4. The summed E-state index contributed by atoms with van der Waals surface area (Å²) < 4.78 is 0. The van der Waals surface area contributed by atoms with Gasteiger partial charge in [0.2, 0.25) is 0 Å². The molecule has 33 aromatic rings. The maximum atomic E-state index is 2.96. The summed E-state index contributed by atoms with van der Waals surface area (Å²) in [5, 5.41) is 105. The smallest absolute Gasteiger partial charge is 0.0330 e. The van der Waals surface area contributed by atoms with Gasteiger partial charge in [-0.3, -0.25) is 0 Å². The molecule has 3 heteroatoms. The summed E-state index contributed by atoms with van der Waals surface area (Å²) in [6, 6.07) is 32.6. The second-order valence-corrected chi connectivity index (χ2v) is 54.4. The van der Waals surface area contributed by atoms with E-state index in [9.17, 15) is 0 Å². The molecule has 0 heterocycles. The molecule has 22 aliphatic rings. The Morgan fingerprint density at radius 3 is 0.789 bits per heavy atom. The van der Waals surface area contributed by atoms with Crippen molar-refractivity contribution in [3.05, 3.63) is 233 Å². The molecule has 0 nitrogen and oxygen atoms in total. The van der Waals surface area contributed by atoms with Gasteiger partial charge in [-0.05, 0) is 611 Å². The quantitative estimate of drug-likeness (QED) is 0.105. The molecule has 3 spiro atoms. The fourth-order valence-corrected chi connectivity index (χ4v) is 48.9. The van der Waals surface area contributed by atoms with Gasteiger partial charge < -0.3 is 0 Å². The van der Waals surface area contributed by atoms with Crippen molar-refractivity contribution in [1.82, 2.24) is 0 Å². The van der Waals surface area contributed by atoms with Gasteiger partial charge in [-0.25, -0.2) is 0 Å². The zero-order valence-corrected chi connectivity index (χ0v) is 81.0. The fourth-order valence-electron chi connectivity index (χ4n) is 48.9. The molecule has 33 aromatic carbocycles. The number of rotatable bonds is 0. The van der Waals surface area contributed by atoms with Crippen LogP contribution in [0.2, 0.25) is 0 Å². The summed E-state index contributed by atoms with van der Waals surface area (Å²) in [6.07, 6.45) is 28.5. The molecule has 6 fully saturated rings. The van der Waals surface area contributed by atoms with Gasteiger partial charge in [-0.15, -0.1) is 0 Å². The Morgan fingerprint density at radius 2 is 0.444 bits per heavy atom. The minimum atomic E-state index is 0. The molecule has 0 amide bonds. The molecule has 0 N–H and O–H groups in total. The molecule has 0 radical (unpaired) electrons. The average molecular weight is 1860 g/mol. The van der Waals surface area contributed by atoms with E-state index >= 15 is 0 Å². The van der Waals surface area contributed by atoms with Gasteiger partial charge in [-0.2, -0.15) is 0 Å². The Balaban J connectivity index is 0.0000000755. The van der Waals surface area contributed by atoms with Crippen LogP contribution in [-0.2, 0) is 74.0 Å². The summed E-state index contributed by atoms with van der Waals surface area (Å²) >= 11 is 0.